The lowest BCUT2D eigenvalue weighted by atomic mass is 9.97. The molecule has 1 amide bonds. The SMILES string of the molecule is CCOC(=O)[C@H]1C2CC(N1C(=O)OC(C)(C)C)C(F)(F)C2. The minimum Gasteiger partial charge on any atom is -0.464 e. The Morgan fingerprint density at radius 2 is 1.95 bits per heavy atom. The van der Waals surface area contributed by atoms with Crippen LogP contribution < -0.4 is 0 Å². The van der Waals surface area contributed by atoms with Crippen molar-refractivity contribution in [2.24, 2.45) is 5.92 Å². The first kappa shape index (κ1) is 16.0. The number of hydrogen-bond donors (Lipinski definition) is 0. The fourth-order valence-corrected chi connectivity index (χ4v) is 3.10. The van der Waals surface area contributed by atoms with E-state index in [1.807, 2.05) is 0 Å². The van der Waals surface area contributed by atoms with E-state index in [1.165, 1.54) is 0 Å². The molecular weight excluding hydrogens is 284 g/mol. The van der Waals surface area contributed by atoms with Crippen LogP contribution in [0.4, 0.5) is 13.6 Å². The van der Waals surface area contributed by atoms with Crippen LogP contribution in [-0.2, 0) is 14.3 Å². The summed E-state index contributed by atoms with van der Waals surface area (Å²) < 4.78 is 37.9. The first-order valence-corrected chi connectivity index (χ1v) is 7.12. The Kier molecular flexibility index (Phi) is 3.88. The zero-order valence-electron chi connectivity index (χ0n) is 12.7. The van der Waals surface area contributed by atoms with E-state index in [1.54, 1.807) is 27.7 Å². The predicted molar refractivity (Wildman–Crippen MR) is 70.0 cm³/mol. The topological polar surface area (TPSA) is 55.8 Å². The van der Waals surface area contributed by atoms with Crippen LogP contribution in [0.1, 0.15) is 40.5 Å². The Labute approximate surface area is 122 Å². The molecule has 0 aromatic rings. The zero-order chi connectivity index (χ0) is 16.0. The fraction of sp³-hybridized carbons (Fsp3) is 0.857. The Morgan fingerprint density at radius 3 is 2.48 bits per heavy atom. The molecule has 2 rings (SSSR count). The van der Waals surface area contributed by atoms with Crippen LogP contribution >= 0.6 is 0 Å². The van der Waals surface area contributed by atoms with E-state index in [2.05, 4.69) is 0 Å². The molecule has 3 atom stereocenters. The van der Waals surface area contributed by atoms with Gasteiger partial charge >= 0.3 is 12.1 Å². The molecule has 1 saturated heterocycles. The number of piperidine rings is 1. The van der Waals surface area contributed by atoms with E-state index >= 15 is 0 Å². The van der Waals surface area contributed by atoms with Gasteiger partial charge in [-0.15, -0.1) is 0 Å². The number of ether oxygens (including phenoxy) is 2. The largest absolute Gasteiger partial charge is 0.464 e. The number of carbonyl (C=O) groups is 2. The van der Waals surface area contributed by atoms with Crippen molar-refractivity contribution in [1.82, 2.24) is 4.90 Å². The lowest BCUT2D eigenvalue weighted by molar-refractivity contribution is -0.157. The molecule has 7 heteroatoms. The average Bonchev–Trinajstić information content (AvgIpc) is 2.79. The van der Waals surface area contributed by atoms with Crippen LogP contribution in [0.25, 0.3) is 0 Å². The number of halogens is 2. The summed E-state index contributed by atoms with van der Waals surface area (Å²) in [7, 11) is 0. The summed E-state index contributed by atoms with van der Waals surface area (Å²) >= 11 is 0. The molecule has 0 aromatic carbocycles. The summed E-state index contributed by atoms with van der Waals surface area (Å²) in [4.78, 5) is 25.1. The fourth-order valence-electron chi connectivity index (χ4n) is 3.10. The van der Waals surface area contributed by atoms with Gasteiger partial charge in [-0.3, -0.25) is 4.90 Å². The standard InChI is InChI=1S/C14H21F2NO4/c1-5-20-11(18)10-8-6-9(14(15,16)7-8)17(10)12(19)21-13(2,3)4/h8-10H,5-7H2,1-4H3/t8?,9?,10-/m1/s1. The summed E-state index contributed by atoms with van der Waals surface area (Å²) in [5, 5.41) is 0. The van der Waals surface area contributed by atoms with Crippen molar-refractivity contribution >= 4 is 12.1 Å². The van der Waals surface area contributed by atoms with Gasteiger partial charge in [-0.25, -0.2) is 18.4 Å². The van der Waals surface area contributed by atoms with Crippen molar-refractivity contribution in [3.8, 4) is 0 Å². The maximum Gasteiger partial charge on any atom is 0.411 e. The van der Waals surface area contributed by atoms with Crippen LogP contribution in [0.5, 0.6) is 0 Å². The number of alkyl halides is 2. The third kappa shape index (κ3) is 2.96. The summed E-state index contributed by atoms with van der Waals surface area (Å²) in [6.45, 7) is 6.73. The van der Waals surface area contributed by atoms with E-state index in [4.69, 9.17) is 9.47 Å². The van der Waals surface area contributed by atoms with Gasteiger partial charge in [-0.05, 0) is 40.0 Å². The molecule has 0 aromatic heterocycles. The molecule has 1 heterocycles. The lowest BCUT2D eigenvalue weighted by Crippen LogP contribution is -2.57. The number of amides is 1. The Balaban J connectivity index is 2.24. The van der Waals surface area contributed by atoms with E-state index < -0.39 is 41.6 Å². The second-order valence-corrected chi connectivity index (χ2v) is 6.56. The predicted octanol–water partition coefficient (Wildman–Crippen LogP) is 2.58. The zero-order valence-corrected chi connectivity index (χ0v) is 12.7. The van der Waals surface area contributed by atoms with Gasteiger partial charge in [-0.1, -0.05) is 0 Å². The summed E-state index contributed by atoms with van der Waals surface area (Å²) in [5.41, 5.74) is -0.812. The van der Waals surface area contributed by atoms with Gasteiger partial charge in [0.05, 0.1) is 12.6 Å². The van der Waals surface area contributed by atoms with Crippen molar-refractivity contribution < 1.29 is 27.8 Å². The molecule has 0 radical (unpaired) electrons. The van der Waals surface area contributed by atoms with Crippen molar-refractivity contribution in [2.75, 3.05) is 6.61 Å². The first-order chi connectivity index (χ1) is 9.57. The van der Waals surface area contributed by atoms with Crippen LogP contribution in [0.2, 0.25) is 0 Å². The Morgan fingerprint density at radius 1 is 1.33 bits per heavy atom. The molecule has 2 fully saturated rings. The second kappa shape index (κ2) is 5.10. The third-order valence-corrected chi connectivity index (χ3v) is 3.76. The number of carbonyl (C=O) groups excluding carboxylic acids is 2. The summed E-state index contributed by atoms with van der Waals surface area (Å²) in [6.07, 6.45) is -1.16. The molecule has 0 spiro atoms. The van der Waals surface area contributed by atoms with E-state index in [0.717, 1.165) is 4.90 Å². The average molecular weight is 305 g/mol. The Hall–Kier alpha value is -1.40. The molecule has 0 N–H and O–H groups in total. The maximum atomic E-state index is 13.9. The summed E-state index contributed by atoms with van der Waals surface area (Å²) in [6, 6.07) is -2.25. The van der Waals surface area contributed by atoms with Crippen LogP contribution in [0.15, 0.2) is 0 Å². The minimum atomic E-state index is -2.98. The highest BCUT2D eigenvalue weighted by molar-refractivity contribution is 5.83. The molecule has 2 bridgehead atoms. The highest BCUT2D eigenvalue weighted by Crippen LogP contribution is 2.51. The van der Waals surface area contributed by atoms with E-state index in [-0.39, 0.29) is 19.4 Å². The number of esters is 1. The second-order valence-electron chi connectivity index (χ2n) is 6.56. The molecular formula is C14H21F2NO4. The maximum absolute atomic E-state index is 13.9. The highest BCUT2D eigenvalue weighted by Gasteiger charge is 2.65. The van der Waals surface area contributed by atoms with Crippen molar-refractivity contribution in [1.29, 1.82) is 0 Å². The Bertz CT molecular complexity index is 447. The van der Waals surface area contributed by atoms with E-state index in [9.17, 15) is 18.4 Å². The van der Waals surface area contributed by atoms with Crippen molar-refractivity contribution in [3.63, 3.8) is 0 Å². The monoisotopic (exact) mass is 305 g/mol. The lowest BCUT2D eigenvalue weighted by Gasteiger charge is -2.38. The molecule has 21 heavy (non-hydrogen) atoms. The van der Waals surface area contributed by atoms with Crippen LogP contribution in [0, 0.1) is 5.92 Å². The van der Waals surface area contributed by atoms with E-state index in [0.29, 0.717) is 0 Å². The van der Waals surface area contributed by atoms with Crippen molar-refractivity contribution in [2.45, 2.75) is 64.1 Å². The van der Waals surface area contributed by atoms with Crippen molar-refractivity contribution in [3.05, 3.63) is 0 Å². The van der Waals surface area contributed by atoms with Gasteiger partial charge in [0.2, 0.25) is 0 Å². The van der Waals surface area contributed by atoms with Gasteiger partial charge in [0.15, 0.2) is 0 Å². The normalized spacial score (nSPS) is 30.4. The molecule has 1 aliphatic heterocycles. The molecule has 120 valence electrons. The number of hydrogen-bond acceptors (Lipinski definition) is 4. The number of nitrogens with zero attached hydrogens (tertiary/aromatic N) is 1. The van der Waals surface area contributed by atoms with Gasteiger partial charge in [-0.2, -0.15) is 0 Å². The van der Waals surface area contributed by atoms with Crippen LogP contribution in [-0.4, -0.2) is 47.2 Å². The third-order valence-electron chi connectivity index (χ3n) is 3.76. The molecule has 2 aliphatic rings. The molecule has 1 saturated carbocycles. The van der Waals surface area contributed by atoms with Gasteiger partial charge < -0.3 is 9.47 Å². The minimum absolute atomic E-state index is 0.107. The van der Waals surface area contributed by atoms with Gasteiger partial charge in [0.1, 0.15) is 11.6 Å². The number of rotatable bonds is 2. The number of likely N-dealkylation sites (tertiary alicyclic amines) is 1. The smallest absolute Gasteiger partial charge is 0.411 e. The quantitative estimate of drug-likeness (QED) is 0.736. The number of fused-ring (bicyclic) bond motifs is 2. The first-order valence-electron chi connectivity index (χ1n) is 7.12. The van der Waals surface area contributed by atoms with Crippen LogP contribution in [0.3, 0.4) is 0 Å². The van der Waals surface area contributed by atoms with Gasteiger partial charge in [0.25, 0.3) is 5.92 Å². The summed E-state index contributed by atoms with van der Waals surface area (Å²) in [5.74, 6) is -4.19. The molecule has 2 unspecified atom stereocenters. The molecule has 5 nitrogen and oxygen atoms in total. The van der Waals surface area contributed by atoms with Gasteiger partial charge in [0, 0.05) is 6.42 Å². The molecule has 1 aliphatic carbocycles. The highest BCUT2D eigenvalue weighted by atomic mass is 19.3.